The smallest absolute Gasteiger partial charge is 0.216 e. The van der Waals surface area contributed by atoms with Crippen LogP contribution in [-0.4, -0.2) is 44.2 Å². The maximum atomic E-state index is 11.7. The Balaban J connectivity index is 2.66. The van der Waals surface area contributed by atoms with Crippen LogP contribution >= 0.6 is 0 Å². The van der Waals surface area contributed by atoms with Crippen molar-refractivity contribution in [1.82, 2.24) is 9.62 Å². The third-order valence-corrected chi connectivity index (χ3v) is 4.76. The summed E-state index contributed by atoms with van der Waals surface area (Å²) in [7, 11) is -1.16. The van der Waals surface area contributed by atoms with Gasteiger partial charge in [-0.15, -0.1) is 0 Å². The highest BCUT2D eigenvalue weighted by atomic mass is 32.2. The fraction of sp³-hybridized carbons (Fsp3) is 1.00. The fourth-order valence-corrected chi connectivity index (χ4v) is 2.84. The Morgan fingerprint density at radius 2 is 2.08 bits per heavy atom. The van der Waals surface area contributed by atoms with Crippen LogP contribution in [0, 0.1) is 0 Å². The highest BCUT2D eigenvalue weighted by molar-refractivity contribution is 7.89. The van der Waals surface area contributed by atoms with E-state index in [0.29, 0.717) is 19.1 Å². The van der Waals surface area contributed by atoms with Crippen molar-refractivity contribution < 1.29 is 8.42 Å². The van der Waals surface area contributed by atoms with E-state index in [-0.39, 0.29) is 5.25 Å². The molecule has 0 unspecified atom stereocenters. The molecule has 0 aromatic rings. The lowest BCUT2D eigenvalue weighted by atomic mass is 10.3. The van der Waals surface area contributed by atoms with Gasteiger partial charge >= 0.3 is 0 Å². The van der Waals surface area contributed by atoms with E-state index in [1.165, 1.54) is 0 Å². The second-order valence-corrected chi connectivity index (χ2v) is 6.22. The summed E-state index contributed by atoms with van der Waals surface area (Å²) in [6.07, 6.45) is 0.919. The second kappa shape index (κ2) is 3.94. The second-order valence-electron chi connectivity index (χ2n) is 3.73. The molecular formula is C8H18N2O2S. The van der Waals surface area contributed by atoms with Gasteiger partial charge in [-0.05, 0) is 27.3 Å². The SMILES string of the molecule is CN[C@H]1CCN(S(=O)(=O)C(C)C)C1. The molecule has 5 heteroatoms. The molecule has 13 heavy (non-hydrogen) atoms. The van der Waals surface area contributed by atoms with E-state index in [2.05, 4.69) is 5.32 Å². The lowest BCUT2D eigenvalue weighted by Gasteiger charge is -2.18. The molecule has 0 radical (unpaired) electrons. The van der Waals surface area contributed by atoms with Gasteiger partial charge in [-0.25, -0.2) is 12.7 Å². The van der Waals surface area contributed by atoms with Gasteiger partial charge in [-0.1, -0.05) is 0 Å². The van der Waals surface area contributed by atoms with Gasteiger partial charge in [-0.2, -0.15) is 0 Å². The molecule has 1 aliphatic heterocycles. The zero-order valence-electron chi connectivity index (χ0n) is 8.45. The first-order valence-electron chi connectivity index (χ1n) is 4.64. The molecule has 1 N–H and O–H groups in total. The number of nitrogens with zero attached hydrogens (tertiary/aromatic N) is 1. The number of sulfonamides is 1. The summed E-state index contributed by atoms with van der Waals surface area (Å²) in [5.74, 6) is 0. The Morgan fingerprint density at radius 1 is 1.46 bits per heavy atom. The van der Waals surface area contributed by atoms with E-state index in [4.69, 9.17) is 0 Å². The average Bonchev–Trinajstić information content (AvgIpc) is 2.51. The molecular weight excluding hydrogens is 188 g/mol. The standard InChI is InChI=1S/C8H18N2O2S/c1-7(2)13(11,12)10-5-4-8(6-10)9-3/h7-9H,4-6H2,1-3H3/t8-/m0/s1. The molecule has 0 aliphatic carbocycles. The van der Waals surface area contributed by atoms with Crippen LogP contribution in [0.15, 0.2) is 0 Å². The van der Waals surface area contributed by atoms with Gasteiger partial charge in [0.25, 0.3) is 0 Å². The summed E-state index contributed by atoms with van der Waals surface area (Å²) in [4.78, 5) is 0. The van der Waals surface area contributed by atoms with Crippen LogP contribution in [0.1, 0.15) is 20.3 Å². The molecule has 0 bridgehead atoms. The van der Waals surface area contributed by atoms with Gasteiger partial charge < -0.3 is 5.32 Å². The molecule has 0 amide bonds. The van der Waals surface area contributed by atoms with Crippen molar-refractivity contribution in [1.29, 1.82) is 0 Å². The van der Waals surface area contributed by atoms with E-state index < -0.39 is 10.0 Å². The van der Waals surface area contributed by atoms with Gasteiger partial charge in [0.15, 0.2) is 0 Å². The van der Waals surface area contributed by atoms with E-state index >= 15 is 0 Å². The zero-order valence-corrected chi connectivity index (χ0v) is 9.26. The van der Waals surface area contributed by atoms with E-state index in [9.17, 15) is 8.42 Å². The van der Waals surface area contributed by atoms with Crippen LogP contribution in [0.5, 0.6) is 0 Å². The predicted molar refractivity (Wildman–Crippen MR) is 53.1 cm³/mol. The molecule has 1 heterocycles. The summed E-state index contributed by atoms with van der Waals surface area (Å²) < 4.78 is 25.0. The lowest BCUT2D eigenvalue weighted by molar-refractivity contribution is 0.458. The van der Waals surface area contributed by atoms with Crippen molar-refractivity contribution in [3.05, 3.63) is 0 Å². The first-order chi connectivity index (χ1) is 5.98. The van der Waals surface area contributed by atoms with E-state index in [1.54, 1.807) is 18.2 Å². The summed E-state index contributed by atoms with van der Waals surface area (Å²) in [6, 6.07) is 0.327. The van der Waals surface area contributed by atoms with Gasteiger partial charge in [0.2, 0.25) is 10.0 Å². The Kier molecular flexibility index (Phi) is 3.32. The van der Waals surface area contributed by atoms with Crippen molar-refractivity contribution >= 4 is 10.0 Å². The molecule has 0 saturated carbocycles. The molecule has 1 fully saturated rings. The molecule has 1 saturated heterocycles. The van der Waals surface area contributed by atoms with Crippen molar-refractivity contribution in [2.24, 2.45) is 0 Å². The zero-order chi connectivity index (χ0) is 10.1. The Hall–Kier alpha value is -0.130. The maximum absolute atomic E-state index is 11.7. The van der Waals surface area contributed by atoms with Crippen molar-refractivity contribution in [2.45, 2.75) is 31.6 Å². The normalized spacial score (nSPS) is 25.7. The van der Waals surface area contributed by atoms with Crippen LogP contribution in [0.3, 0.4) is 0 Å². The third-order valence-electron chi connectivity index (χ3n) is 2.51. The van der Waals surface area contributed by atoms with Crippen LogP contribution in [0.25, 0.3) is 0 Å². The lowest BCUT2D eigenvalue weighted by Crippen LogP contribution is -2.37. The van der Waals surface area contributed by atoms with Gasteiger partial charge in [0, 0.05) is 19.1 Å². The summed E-state index contributed by atoms with van der Waals surface area (Å²) >= 11 is 0. The minimum atomic E-state index is -3.03. The fourth-order valence-electron chi connectivity index (χ4n) is 1.49. The van der Waals surface area contributed by atoms with Gasteiger partial charge in [0.1, 0.15) is 0 Å². The summed E-state index contributed by atoms with van der Waals surface area (Å²) in [6.45, 7) is 4.73. The van der Waals surface area contributed by atoms with Gasteiger partial charge in [-0.3, -0.25) is 0 Å². The minimum Gasteiger partial charge on any atom is -0.316 e. The van der Waals surface area contributed by atoms with Crippen molar-refractivity contribution in [2.75, 3.05) is 20.1 Å². The molecule has 1 atom stereocenters. The van der Waals surface area contributed by atoms with Crippen LogP contribution in [0.2, 0.25) is 0 Å². The minimum absolute atomic E-state index is 0.303. The number of likely N-dealkylation sites (N-methyl/N-ethyl adjacent to an activating group) is 1. The summed E-state index contributed by atoms with van der Waals surface area (Å²) in [5.41, 5.74) is 0. The van der Waals surface area contributed by atoms with E-state index in [1.807, 2.05) is 7.05 Å². The number of hydrogen-bond donors (Lipinski definition) is 1. The molecule has 1 rings (SSSR count). The highest BCUT2D eigenvalue weighted by Gasteiger charge is 2.32. The number of hydrogen-bond acceptors (Lipinski definition) is 3. The highest BCUT2D eigenvalue weighted by Crippen LogP contribution is 2.16. The Bertz CT molecular complexity index is 261. The molecule has 4 nitrogen and oxygen atoms in total. The van der Waals surface area contributed by atoms with Crippen molar-refractivity contribution in [3.8, 4) is 0 Å². The third kappa shape index (κ3) is 2.21. The maximum Gasteiger partial charge on any atom is 0.216 e. The van der Waals surface area contributed by atoms with Crippen LogP contribution < -0.4 is 5.32 Å². The van der Waals surface area contributed by atoms with Gasteiger partial charge in [0.05, 0.1) is 5.25 Å². The average molecular weight is 206 g/mol. The topological polar surface area (TPSA) is 49.4 Å². The predicted octanol–water partition coefficient (Wildman–Crippen LogP) is 0.0183. The Morgan fingerprint density at radius 3 is 2.46 bits per heavy atom. The molecule has 0 aromatic carbocycles. The van der Waals surface area contributed by atoms with E-state index in [0.717, 1.165) is 6.42 Å². The molecule has 0 spiro atoms. The molecule has 0 aromatic heterocycles. The van der Waals surface area contributed by atoms with Crippen LogP contribution in [0.4, 0.5) is 0 Å². The number of rotatable bonds is 3. The van der Waals surface area contributed by atoms with Crippen LogP contribution in [-0.2, 0) is 10.0 Å². The number of nitrogens with one attached hydrogen (secondary N) is 1. The summed E-state index contributed by atoms with van der Waals surface area (Å²) in [5, 5.41) is 2.80. The Labute approximate surface area is 80.4 Å². The molecule has 1 aliphatic rings. The first kappa shape index (κ1) is 10.9. The monoisotopic (exact) mass is 206 g/mol. The quantitative estimate of drug-likeness (QED) is 0.708. The molecule has 78 valence electrons. The first-order valence-corrected chi connectivity index (χ1v) is 6.15. The largest absolute Gasteiger partial charge is 0.316 e. The van der Waals surface area contributed by atoms with Crippen molar-refractivity contribution in [3.63, 3.8) is 0 Å².